The van der Waals surface area contributed by atoms with Gasteiger partial charge in [-0.15, -0.1) is 0 Å². The number of ether oxygens (including phenoxy) is 1. The van der Waals surface area contributed by atoms with Gasteiger partial charge in [-0.3, -0.25) is 0 Å². The van der Waals surface area contributed by atoms with Crippen LogP contribution in [0, 0.1) is 20.8 Å². The van der Waals surface area contributed by atoms with Crippen molar-refractivity contribution in [2.45, 2.75) is 20.8 Å². The number of aryl methyl sites for hydroxylation is 3. The van der Waals surface area contributed by atoms with E-state index in [9.17, 15) is 0 Å². The molecule has 0 aliphatic rings. The van der Waals surface area contributed by atoms with E-state index in [0.29, 0.717) is 5.82 Å². The van der Waals surface area contributed by atoms with Gasteiger partial charge < -0.3 is 19.1 Å². The number of aromatic amines is 1. The van der Waals surface area contributed by atoms with Gasteiger partial charge in [0.15, 0.2) is 0 Å². The van der Waals surface area contributed by atoms with Crippen molar-refractivity contribution >= 4 is 27.6 Å². The summed E-state index contributed by atoms with van der Waals surface area (Å²) in [6.45, 7) is 5.76. The molecule has 3 aromatic heterocycles. The van der Waals surface area contributed by atoms with E-state index in [2.05, 4.69) is 45.4 Å². The van der Waals surface area contributed by atoms with Crippen LogP contribution < -0.4 is 9.64 Å². The van der Waals surface area contributed by atoms with Crippen LogP contribution in [0.15, 0.2) is 40.9 Å². The zero-order valence-corrected chi connectivity index (χ0v) is 19.1. The monoisotopic (exact) mass is 427 g/mol. The zero-order valence-electron chi connectivity index (χ0n) is 19.1. The molecule has 162 valence electrons. The van der Waals surface area contributed by atoms with E-state index in [0.717, 1.165) is 67.2 Å². The number of nitrogens with one attached hydrogen (secondary N) is 1. The van der Waals surface area contributed by atoms with Gasteiger partial charge in [0, 0.05) is 41.8 Å². The summed E-state index contributed by atoms with van der Waals surface area (Å²) in [5, 5.41) is 6.10. The first kappa shape index (κ1) is 20.1. The van der Waals surface area contributed by atoms with Gasteiger partial charge in [-0.1, -0.05) is 17.3 Å². The molecule has 0 atom stereocenters. The van der Waals surface area contributed by atoms with Crippen molar-refractivity contribution in [2.75, 3.05) is 26.1 Å². The summed E-state index contributed by atoms with van der Waals surface area (Å²) in [4.78, 5) is 15.1. The normalized spacial score (nSPS) is 11.4. The minimum atomic E-state index is 0.715. The third-order valence-corrected chi connectivity index (χ3v) is 5.82. The van der Waals surface area contributed by atoms with Crippen LogP contribution in [-0.4, -0.2) is 41.3 Å². The Labute approximate surface area is 186 Å². The predicted molar refractivity (Wildman–Crippen MR) is 127 cm³/mol. The predicted octanol–water partition coefficient (Wildman–Crippen LogP) is 5.43. The van der Waals surface area contributed by atoms with Gasteiger partial charge in [-0.05, 0) is 45.0 Å². The maximum Gasteiger partial charge on any atom is 0.142 e. The topological polar surface area (TPSA) is 80.1 Å². The van der Waals surface area contributed by atoms with Crippen molar-refractivity contribution in [1.29, 1.82) is 0 Å². The SMILES string of the molecule is COc1cc2c(cc1-c1c(C)noc1C)[nH]c1nc(C)nc(-c3cccc(N(C)C)c3)c12. The zero-order chi connectivity index (χ0) is 22.6. The molecule has 0 saturated heterocycles. The average molecular weight is 428 g/mol. The molecule has 0 fully saturated rings. The summed E-state index contributed by atoms with van der Waals surface area (Å²) in [5.74, 6) is 2.22. The lowest BCUT2D eigenvalue weighted by molar-refractivity contribution is 0.393. The number of hydrogen-bond donors (Lipinski definition) is 1. The fourth-order valence-corrected chi connectivity index (χ4v) is 4.31. The summed E-state index contributed by atoms with van der Waals surface area (Å²) in [5.41, 5.74) is 7.53. The molecule has 5 aromatic rings. The van der Waals surface area contributed by atoms with Crippen molar-refractivity contribution in [2.24, 2.45) is 0 Å². The molecular formula is C25H25N5O2. The van der Waals surface area contributed by atoms with E-state index < -0.39 is 0 Å². The Bertz CT molecular complexity index is 1460. The van der Waals surface area contributed by atoms with E-state index in [1.54, 1.807) is 7.11 Å². The summed E-state index contributed by atoms with van der Waals surface area (Å²) in [6.07, 6.45) is 0. The maximum atomic E-state index is 5.79. The first-order valence-electron chi connectivity index (χ1n) is 10.5. The third-order valence-electron chi connectivity index (χ3n) is 5.82. The Morgan fingerprint density at radius 1 is 1.03 bits per heavy atom. The van der Waals surface area contributed by atoms with Gasteiger partial charge in [0.25, 0.3) is 0 Å². The largest absolute Gasteiger partial charge is 0.496 e. The van der Waals surface area contributed by atoms with Crippen LogP contribution in [-0.2, 0) is 0 Å². The Morgan fingerprint density at radius 3 is 2.53 bits per heavy atom. The van der Waals surface area contributed by atoms with E-state index in [1.807, 2.05) is 40.9 Å². The molecule has 0 bridgehead atoms. The van der Waals surface area contributed by atoms with Crippen LogP contribution in [0.25, 0.3) is 44.3 Å². The van der Waals surface area contributed by atoms with Crippen molar-refractivity contribution in [3.05, 3.63) is 53.7 Å². The van der Waals surface area contributed by atoms with Gasteiger partial charge in [0.2, 0.25) is 0 Å². The lowest BCUT2D eigenvalue weighted by Crippen LogP contribution is -2.08. The number of benzene rings is 2. The minimum absolute atomic E-state index is 0.715. The minimum Gasteiger partial charge on any atom is -0.496 e. The number of H-pyrrole nitrogens is 1. The molecule has 0 unspecified atom stereocenters. The lowest BCUT2D eigenvalue weighted by Gasteiger charge is -2.14. The van der Waals surface area contributed by atoms with Crippen molar-refractivity contribution in [3.63, 3.8) is 0 Å². The van der Waals surface area contributed by atoms with Crippen LogP contribution in [0.3, 0.4) is 0 Å². The molecule has 0 aliphatic carbocycles. The first-order valence-corrected chi connectivity index (χ1v) is 10.5. The van der Waals surface area contributed by atoms with E-state index >= 15 is 0 Å². The van der Waals surface area contributed by atoms with Gasteiger partial charge in [0.1, 0.15) is 23.0 Å². The quantitative estimate of drug-likeness (QED) is 0.412. The average Bonchev–Trinajstić information content (AvgIpc) is 3.30. The molecule has 0 radical (unpaired) electrons. The second kappa shape index (κ2) is 7.37. The highest BCUT2D eigenvalue weighted by Crippen LogP contribution is 2.41. The molecule has 0 spiro atoms. The molecule has 7 nitrogen and oxygen atoms in total. The van der Waals surface area contributed by atoms with Crippen LogP contribution in [0.1, 0.15) is 17.3 Å². The van der Waals surface area contributed by atoms with Crippen molar-refractivity contribution in [1.82, 2.24) is 20.1 Å². The molecule has 0 saturated carbocycles. The smallest absolute Gasteiger partial charge is 0.142 e. The molecule has 7 heteroatoms. The molecule has 2 aromatic carbocycles. The van der Waals surface area contributed by atoms with Crippen LogP contribution in [0.5, 0.6) is 5.75 Å². The van der Waals surface area contributed by atoms with Crippen LogP contribution in [0.2, 0.25) is 0 Å². The summed E-state index contributed by atoms with van der Waals surface area (Å²) < 4.78 is 11.2. The summed E-state index contributed by atoms with van der Waals surface area (Å²) in [7, 11) is 5.75. The standard InChI is InChI=1S/C25H25N5O2/c1-13-22(14(2)32-29-13)19-11-20-18(12-21(19)31-6)23-24(26-15(3)27-25(23)28-20)16-8-7-9-17(10-16)30(4)5/h7-12H,1-6H3,(H,26,27,28). The number of methoxy groups -OCH3 is 1. The number of nitrogens with zero attached hydrogens (tertiary/aromatic N) is 4. The maximum absolute atomic E-state index is 5.79. The van der Waals surface area contributed by atoms with E-state index in [1.165, 1.54) is 0 Å². The Morgan fingerprint density at radius 2 is 1.84 bits per heavy atom. The number of rotatable bonds is 4. The second-order valence-corrected chi connectivity index (χ2v) is 8.21. The molecule has 0 aliphatic heterocycles. The fraction of sp³-hybridized carbons (Fsp3) is 0.240. The molecular weight excluding hydrogens is 402 g/mol. The van der Waals surface area contributed by atoms with Crippen molar-refractivity contribution < 1.29 is 9.26 Å². The van der Waals surface area contributed by atoms with Gasteiger partial charge in [-0.2, -0.15) is 0 Å². The highest BCUT2D eigenvalue weighted by Gasteiger charge is 2.21. The highest BCUT2D eigenvalue weighted by molar-refractivity contribution is 6.13. The number of fused-ring (bicyclic) bond motifs is 3. The molecule has 0 amide bonds. The van der Waals surface area contributed by atoms with Crippen LogP contribution >= 0.6 is 0 Å². The number of aromatic nitrogens is 4. The third kappa shape index (κ3) is 3.09. The van der Waals surface area contributed by atoms with Crippen molar-refractivity contribution in [3.8, 4) is 28.1 Å². The van der Waals surface area contributed by atoms with Gasteiger partial charge in [0.05, 0.1) is 29.4 Å². The Kier molecular flexibility index (Phi) is 4.62. The number of hydrogen-bond acceptors (Lipinski definition) is 6. The Hall–Kier alpha value is -3.87. The molecule has 1 N–H and O–H groups in total. The molecule has 3 heterocycles. The fourth-order valence-electron chi connectivity index (χ4n) is 4.31. The second-order valence-electron chi connectivity index (χ2n) is 8.21. The molecule has 32 heavy (non-hydrogen) atoms. The van der Waals surface area contributed by atoms with E-state index in [-0.39, 0.29) is 0 Å². The number of anilines is 1. The van der Waals surface area contributed by atoms with Gasteiger partial charge >= 0.3 is 0 Å². The summed E-state index contributed by atoms with van der Waals surface area (Å²) >= 11 is 0. The van der Waals surface area contributed by atoms with Gasteiger partial charge in [-0.25, -0.2) is 9.97 Å². The van der Waals surface area contributed by atoms with Crippen LogP contribution in [0.4, 0.5) is 5.69 Å². The summed E-state index contributed by atoms with van der Waals surface area (Å²) in [6, 6.07) is 12.5. The molecule has 5 rings (SSSR count). The first-order chi connectivity index (χ1) is 15.4. The highest BCUT2D eigenvalue weighted by atomic mass is 16.5. The Balaban J connectivity index is 1.83. The lowest BCUT2D eigenvalue weighted by atomic mass is 9.99. The van der Waals surface area contributed by atoms with E-state index in [4.69, 9.17) is 19.2 Å².